The topological polar surface area (TPSA) is 84.3 Å². The summed E-state index contributed by atoms with van der Waals surface area (Å²) in [6.45, 7) is 1.73. The molecule has 0 aliphatic rings. The number of anilines is 1. The quantitative estimate of drug-likeness (QED) is 0.461. The van der Waals surface area contributed by atoms with E-state index in [9.17, 15) is 19.3 Å². The lowest BCUT2D eigenvalue weighted by Gasteiger charge is -2.20. The van der Waals surface area contributed by atoms with Crippen LogP contribution < -0.4 is 10.6 Å². The number of halogens is 1. The molecule has 3 rings (SSSR count). The van der Waals surface area contributed by atoms with Crippen molar-refractivity contribution in [1.82, 2.24) is 5.32 Å². The molecule has 2 N–H and O–H groups in total. The Labute approximate surface area is 167 Å². The second-order valence-electron chi connectivity index (χ2n) is 6.58. The fraction of sp³-hybridized carbons (Fsp3) is 0.136. The van der Waals surface area contributed by atoms with Gasteiger partial charge in [0, 0.05) is 12.1 Å². The molecule has 1 atom stereocenters. The van der Waals surface area contributed by atoms with Gasteiger partial charge in [0.25, 0.3) is 5.69 Å². The van der Waals surface area contributed by atoms with Gasteiger partial charge in [-0.2, -0.15) is 0 Å². The van der Waals surface area contributed by atoms with Crippen molar-refractivity contribution >= 4 is 17.3 Å². The largest absolute Gasteiger partial charge is 0.324 e. The molecule has 0 saturated carbocycles. The Balaban J connectivity index is 1.74. The maximum absolute atomic E-state index is 13.3. The minimum Gasteiger partial charge on any atom is -0.324 e. The Morgan fingerprint density at radius 2 is 1.69 bits per heavy atom. The van der Waals surface area contributed by atoms with Crippen LogP contribution in [0.5, 0.6) is 0 Å². The average molecular weight is 393 g/mol. The average Bonchev–Trinajstić information content (AvgIpc) is 2.71. The Morgan fingerprint density at radius 1 is 1.03 bits per heavy atom. The molecule has 3 aromatic rings. The number of hydrogen-bond acceptors (Lipinski definition) is 4. The van der Waals surface area contributed by atoms with Crippen molar-refractivity contribution in [2.45, 2.75) is 13.0 Å². The second-order valence-corrected chi connectivity index (χ2v) is 6.58. The van der Waals surface area contributed by atoms with E-state index >= 15 is 0 Å². The molecular formula is C22H20FN3O3. The van der Waals surface area contributed by atoms with E-state index in [4.69, 9.17) is 0 Å². The first-order valence-corrected chi connectivity index (χ1v) is 9.03. The summed E-state index contributed by atoms with van der Waals surface area (Å²) in [7, 11) is 0. The van der Waals surface area contributed by atoms with Crippen molar-refractivity contribution < 1.29 is 14.1 Å². The number of rotatable bonds is 7. The molecule has 0 radical (unpaired) electrons. The highest BCUT2D eigenvalue weighted by Crippen LogP contribution is 2.23. The number of nitro benzene ring substituents is 1. The molecule has 1 amide bonds. The van der Waals surface area contributed by atoms with Gasteiger partial charge in [0.15, 0.2) is 0 Å². The molecule has 0 fully saturated rings. The zero-order chi connectivity index (χ0) is 20.8. The minimum atomic E-state index is -0.507. The summed E-state index contributed by atoms with van der Waals surface area (Å²) in [6.07, 6.45) is 0. The van der Waals surface area contributed by atoms with Gasteiger partial charge in [0.1, 0.15) is 5.82 Å². The molecule has 0 aliphatic heterocycles. The first-order valence-electron chi connectivity index (χ1n) is 9.03. The standard InChI is InChI=1S/C22H20FN3O3/c1-15-7-12-19(26(28)29)13-20(15)25-21(27)14-24-22(16-5-3-2-4-6-16)17-8-10-18(23)11-9-17/h2-13,22,24H,14H2,1H3,(H,25,27). The van der Waals surface area contributed by atoms with Crippen LogP contribution in [0, 0.1) is 22.9 Å². The molecule has 148 valence electrons. The van der Waals surface area contributed by atoms with Crippen LogP contribution >= 0.6 is 0 Å². The van der Waals surface area contributed by atoms with Crippen LogP contribution in [-0.2, 0) is 4.79 Å². The lowest BCUT2D eigenvalue weighted by molar-refractivity contribution is -0.384. The summed E-state index contributed by atoms with van der Waals surface area (Å²) in [5.41, 5.74) is 2.77. The van der Waals surface area contributed by atoms with Crippen molar-refractivity contribution in [3.8, 4) is 0 Å². The SMILES string of the molecule is Cc1ccc([N+](=O)[O-])cc1NC(=O)CNC(c1ccccc1)c1ccc(F)cc1. The molecule has 0 spiro atoms. The Hall–Kier alpha value is -3.58. The summed E-state index contributed by atoms with van der Waals surface area (Å²) < 4.78 is 13.3. The van der Waals surface area contributed by atoms with Crippen LogP contribution in [-0.4, -0.2) is 17.4 Å². The van der Waals surface area contributed by atoms with Crippen molar-refractivity contribution in [3.05, 3.63) is 105 Å². The van der Waals surface area contributed by atoms with E-state index < -0.39 is 4.92 Å². The second kappa shape index (κ2) is 9.07. The van der Waals surface area contributed by atoms with Crippen molar-refractivity contribution in [3.63, 3.8) is 0 Å². The third-order valence-corrected chi connectivity index (χ3v) is 4.51. The summed E-state index contributed by atoms with van der Waals surface area (Å²) in [4.78, 5) is 22.9. The number of carbonyl (C=O) groups excluding carboxylic acids is 1. The molecular weight excluding hydrogens is 373 g/mol. The summed E-state index contributed by atoms with van der Waals surface area (Å²) in [6, 6.07) is 19.6. The van der Waals surface area contributed by atoms with Gasteiger partial charge in [-0.05, 0) is 35.7 Å². The van der Waals surface area contributed by atoms with Crippen LogP contribution in [0.1, 0.15) is 22.7 Å². The number of aryl methyl sites for hydroxylation is 1. The molecule has 1 unspecified atom stereocenters. The van der Waals surface area contributed by atoms with E-state index in [0.29, 0.717) is 5.69 Å². The van der Waals surface area contributed by atoms with Crippen LogP contribution in [0.3, 0.4) is 0 Å². The molecule has 0 aliphatic carbocycles. The first kappa shape index (κ1) is 20.2. The normalized spacial score (nSPS) is 11.7. The molecule has 0 bridgehead atoms. The molecule has 29 heavy (non-hydrogen) atoms. The molecule has 7 heteroatoms. The number of non-ortho nitro benzene ring substituents is 1. The van der Waals surface area contributed by atoms with Gasteiger partial charge in [-0.1, -0.05) is 48.5 Å². The fourth-order valence-corrected chi connectivity index (χ4v) is 2.98. The van der Waals surface area contributed by atoms with Crippen LogP contribution in [0.2, 0.25) is 0 Å². The highest BCUT2D eigenvalue weighted by Gasteiger charge is 2.16. The predicted molar refractivity (Wildman–Crippen MR) is 109 cm³/mol. The molecule has 0 aromatic heterocycles. The van der Waals surface area contributed by atoms with Gasteiger partial charge in [-0.3, -0.25) is 20.2 Å². The maximum Gasteiger partial charge on any atom is 0.271 e. The highest BCUT2D eigenvalue weighted by molar-refractivity contribution is 5.93. The first-order chi connectivity index (χ1) is 13.9. The minimum absolute atomic E-state index is 0.0287. The fourth-order valence-electron chi connectivity index (χ4n) is 2.98. The smallest absolute Gasteiger partial charge is 0.271 e. The van der Waals surface area contributed by atoms with E-state index in [1.807, 2.05) is 30.3 Å². The molecule has 0 heterocycles. The van der Waals surface area contributed by atoms with Crippen LogP contribution in [0.25, 0.3) is 0 Å². The van der Waals surface area contributed by atoms with Gasteiger partial charge in [-0.25, -0.2) is 4.39 Å². The van der Waals surface area contributed by atoms with E-state index in [1.165, 1.54) is 24.3 Å². The Morgan fingerprint density at radius 3 is 2.34 bits per heavy atom. The monoisotopic (exact) mass is 393 g/mol. The molecule has 6 nitrogen and oxygen atoms in total. The van der Waals surface area contributed by atoms with Gasteiger partial charge in [-0.15, -0.1) is 0 Å². The van der Waals surface area contributed by atoms with Gasteiger partial charge >= 0.3 is 0 Å². The number of nitro groups is 1. The van der Waals surface area contributed by atoms with E-state index in [-0.39, 0.29) is 30.0 Å². The van der Waals surface area contributed by atoms with Crippen LogP contribution in [0.4, 0.5) is 15.8 Å². The van der Waals surface area contributed by atoms with Gasteiger partial charge < -0.3 is 5.32 Å². The van der Waals surface area contributed by atoms with E-state index in [0.717, 1.165) is 16.7 Å². The molecule has 3 aromatic carbocycles. The number of carbonyl (C=O) groups is 1. The number of amides is 1. The predicted octanol–water partition coefficient (Wildman–Crippen LogP) is 4.36. The molecule has 0 saturated heterocycles. The number of hydrogen-bond donors (Lipinski definition) is 2. The van der Waals surface area contributed by atoms with Crippen molar-refractivity contribution in [1.29, 1.82) is 0 Å². The van der Waals surface area contributed by atoms with Crippen LogP contribution in [0.15, 0.2) is 72.8 Å². The highest BCUT2D eigenvalue weighted by atomic mass is 19.1. The lowest BCUT2D eigenvalue weighted by Crippen LogP contribution is -2.32. The number of nitrogens with zero attached hydrogens (tertiary/aromatic N) is 1. The van der Waals surface area contributed by atoms with Crippen molar-refractivity contribution in [2.75, 3.05) is 11.9 Å². The zero-order valence-corrected chi connectivity index (χ0v) is 15.8. The van der Waals surface area contributed by atoms with Crippen molar-refractivity contribution in [2.24, 2.45) is 0 Å². The number of benzene rings is 3. The Bertz CT molecular complexity index is 1010. The third kappa shape index (κ3) is 5.24. The van der Waals surface area contributed by atoms with E-state index in [2.05, 4.69) is 10.6 Å². The van der Waals surface area contributed by atoms with E-state index in [1.54, 1.807) is 25.1 Å². The summed E-state index contributed by atoms with van der Waals surface area (Å²) in [5.74, 6) is -0.670. The van der Waals surface area contributed by atoms with Gasteiger partial charge in [0.05, 0.1) is 23.2 Å². The Kier molecular flexibility index (Phi) is 6.31. The number of nitrogens with one attached hydrogen (secondary N) is 2. The van der Waals surface area contributed by atoms with Gasteiger partial charge in [0.2, 0.25) is 5.91 Å². The lowest BCUT2D eigenvalue weighted by atomic mass is 9.98. The maximum atomic E-state index is 13.3. The summed E-state index contributed by atoms with van der Waals surface area (Å²) >= 11 is 0. The zero-order valence-electron chi connectivity index (χ0n) is 15.8. The summed E-state index contributed by atoms with van der Waals surface area (Å²) in [5, 5.41) is 16.8. The third-order valence-electron chi connectivity index (χ3n) is 4.51.